The van der Waals surface area contributed by atoms with E-state index in [0.29, 0.717) is 12.4 Å². The molecule has 0 fully saturated rings. The lowest BCUT2D eigenvalue weighted by atomic mass is 10.1. The highest BCUT2D eigenvalue weighted by Crippen LogP contribution is 2.23. The van der Waals surface area contributed by atoms with Crippen LogP contribution in [0.2, 0.25) is 0 Å². The molecule has 0 radical (unpaired) electrons. The molecule has 1 atom stereocenters. The second kappa shape index (κ2) is 6.36. The summed E-state index contributed by atoms with van der Waals surface area (Å²) in [5.74, 6) is 0.711. The van der Waals surface area contributed by atoms with E-state index in [1.165, 1.54) is 0 Å². The Hall–Kier alpha value is -2.12. The summed E-state index contributed by atoms with van der Waals surface area (Å²) in [4.78, 5) is 4.34. The van der Waals surface area contributed by atoms with Crippen LogP contribution in [0, 0.1) is 11.3 Å². The van der Waals surface area contributed by atoms with E-state index in [1.54, 1.807) is 6.20 Å². The van der Waals surface area contributed by atoms with Crippen LogP contribution in [0.25, 0.3) is 10.9 Å². The SMILES string of the molecule is CCCNC(C)(C#N)COc1cccc2cccnc12. The summed E-state index contributed by atoms with van der Waals surface area (Å²) < 4.78 is 5.82. The third-order valence-corrected chi connectivity index (χ3v) is 3.12. The van der Waals surface area contributed by atoms with Crippen molar-refractivity contribution in [2.75, 3.05) is 13.2 Å². The molecule has 0 saturated heterocycles. The number of rotatable bonds is 6. The van der Waals surface area contributed by atoms with Gasteiger partial charge in [-0.1, -0.05) is 25.1 Å². The Morgan fingerprint density at radius 1 is 1.35 bits per heavy atom. The van der Waals surface area contributed by atoms with E-state index in [9.17, 15) is 5.26 Å². The van der Waals surface area contributed by atoms with Gasteiger partial charge in [-0.3, -0.25) is 10.3 Å². The van der Waals surface area contributed by atoms with Gasteiger partial charge in [0.05, 0.1) is 6.07 Å². The molecule has 0 spiro atoms. The van der Waals surface area contributed by atoms with E-state index < -0.39 is 5.54 Å². The zero-order valence-corrected chi connectivity index (χ0v) is 11.9. The van der Waals surface area contributed by atoms with Gasteiger partial charge in [-0.25, -0.2) is 0 Å². The summed E-state index contributed by atoms with van der Waals surface area (Å²) in [6.07, 6.45) is 2.72. The molecular weight excluding hydrogens is 250 g/mol. The smallest absolute Gasteiger partial charge is 0.145 e. The molecule has 104 valence electrons. The number of benzene rings is 1. The van der Waals surface area contributed by atoms with Gasteiger partial charge in [-0.15, -0.1) is 0 Å². The van der Waals surface area contributed by atoms with Crippen LogP contribution in [0.5, 0.6) is 5.75 Å². The van der Waals surface area contributed by atoms with Gasteiger partial charge in [0.15, 0.2) is 0 Å². The zero-order chi connectivity index (χ0) is 14.4. The number of ether oxygens (including phenoxy) is 1. The Balaban J connectivity index is 2.15. The second-order valence-electron chi connectivity index (χ2n) is 4.99. The Kier molecular flexibility index (Phi) is 4.54. The lowest BCUT2D eigenvalue weighted by molar-refractivity contribution is 0.236. The van der Waals surface area contributed by atoms with Gasteiger partial charge in [0.25, 0.3) is 0 Å². The molecule has 0 aliphatic heterocycles. The predicted octanol–water partition coefficient (Wildman–Crippen LogP) is 2.90. The minimum Gasteiger partial charge on any atom is -0.488 e. The van der Waals surface area contributed by atoms with Crippen LogP contribution in [0.3, 0.4) is 0 Å². The number of fused-ring (bicyclic) bond motifs is 1. The minimum atomic E-state index is -0.688. The van der Waals surface area contributed by atoms with E-state index in [0.717, 1.165) is 23.9 Å². The standard InChI is InChI=1S/C16H19N3O/c1-3-9-19-16(2,11-17)12-20-14-8-4-6-13-7-5-10-18-15(13)14/h4-8,10,19H,3,9,12H2,1-2H3. The van der Waals surface area contributed by atoms with Gasteiger partial charge in [0.1, 0.15) is 23.4 Å². The van der Waals surface area contributed by atoms with Crippen molar-refractivity contribution in [3.63, 3.8) is 0 Å². The molecule has 1 unspecified atom stereocenters. The summed E-state index contributed by atoms with van der Waals surface area (Å²) >= 11 is 0. The van der Waals surface area contributed by atoms with Crippen molar-refractivity contribution in [2.24, 2.45) is 0 Å². The molecule has 1 N–H and O–H groups in total. The first-order valence-corrected chi connectivity index (χ1v) is 6.81. The maximum atomic E-state index is 9.30. The molecular formula is C16H19N3O. The Labute approximate surface area is 119 Å². The summed E-state index contributed by atoms with van der Waals surface area (Å²) in [5.41, 5.74) is 0.137. The molecule has 1 heterocycles. The quantitative estimate of drug-likeness (QED) is 0.876. The zero-order valence-electron chi connectivity index (χ0n) is 11.9. The van der Waals surface area contributed by atoms with Crippen molar-refractivity contribution < 1.29 is 4.74 Å². The monoisotopic (exact) mass is 269 g/mol. The summed E-state index contributed by atoms with van der Waals surface area (Å²) in [6, 6.07) is 12.0. The Morgan fingerprint density at radius 2 is 2.15 bits per heavy atom. The van der Waals surface area contributed by atoms with E-state index in [4.69, 9.17) is 4.74 Å². The summed E-state index contributed by atoms with van der Waals surface area (Å²) in [5, 5.41) is 13.5. The average Bonchev–Trinajstić information content (AvgIpc) is 2.51. The molecule has 2 aromatic rings. The van der Waals surface area contributed by atoms with Gasteiger partial charge in [-0.05, 0) is 32.0 Å². The Morgan fingerprint density at radius 3 is 2.90 bits per heavy atom. The number of para-hydroxylation sites is 1. The van der Waals surface area contributed by atoms with Gasteiger partial charge < -0.3 is 4.74 Å². The number of nitrogens with one attached hydrogen (secondary N) is 1. The fourth-order valence-electron chi connectivity index (χ4n) is 1.94. The van der Waals surface area contributed by atoms with E-state index in [2.05, 4.69) is 23.3 Å². The van der Waals surface area contributed by atoms with Gasteiger partial charge in [0.2, 0.25) is 0 Å². The van der Waals surface area contributed by atoms with Gasteiger partial charge in [0, 0.05) is 11.6 Å². The van der Waals surface area contributed by atoms with E-state index in [-0.39, 0.29) is 0 Å². The highest BCUT2D eigenvalue weighted by Gasteiger charge is 2.24. The van der Waals surface area contributed by atoms with Crippen molar-refractivity contribution in [1.82, 2.24) is 10.3 Å². The van der Waals surface area contributed by atoms with Crippen molar-refractivity contribution in [1.29, 1.82) is 5.26 Å². The fraction of sp³-hybridized carbons (Fsp3) is 0.375. The van der Waals surface area contributed by atoms with Crippen LogP contribution >= 0.6 is 0 Å². The maximum Gasteiger partial charge on any atom is 0.145 e. The highest BCUT2D eigenvalue weighted by atomic mass is 16.5. The van der Waals surface area contributed by atoms with Crippen LogP contribution in [-0.2, 0) is 0 Å². The van der Waals surface area contributed by atoms with Crippen molar-refractivity contribution in [3.05, 3.63) is 36.5 Å². The normalized spacial score (nSPS) is 13.7. The number of nitriles is 1. The fourth-order valence-corrected chi connectivity index (χ4v) is 1.94. The molecule has 0 saturated carbocycles. The Bertz CT molecular complexity index is 615. The molecule has 1 aromatic heterocycles. The number of nitrogens with zero attached hydrogens (tertiary/aromatic N) is 2. The van der Waals surface area contributed by atoms with Gasteiger partial charge in [-0.2, -0.15) is 5.26 Å². The van der Waals surface area contributed by atoms with Crippen LogP contribution in [0.1, 0.15) is 20.3 Å². The molecule has 0 aliphatic carbocycles. The summed E-state index contributed by atoms with van der Waals surface area (Å²) in [6.45, 7) is 5.00. The molecule has 4 nitrogen and oxygen atoms in total. The molecule has 2 rings (SSSR count). The topological polar surface area (TPSA) is 57.9 Å². The van der Waals surface area contributed by atoms with Crippen molar-refractivity contribution in [2.45, 2.75) is 25.8 Å². The second-order valence-corrected chi connectivity index (χ2v) is 4.99. The molecule has 20 heavy (non-hydrogen) atoms. The van der Waals surface area contributed by atoms with Crippen molar-refractivity contribution >= 4 is 10.9 Å². The lowest BCUT2D eigenvalue weighted by Crippen LogP contribution is -2.46. The third kappa shape index (κ3) is 3.25. The van der Waals surface area contributed by atoms with Crippen molar-refractivity contribution in [3.8, 4) is 11.8 Å². The number of aromatic nitrogens is 1. The number of hydrogen-bond acceptors (Lipinski definition) is 4. The molecule has 1 aromatic carbocycles. The summed E-state index contributed by atoms with van der Waals surface area (Å²) in [7, 11) is 0. The number of hydrogen-bond donors (Lipinski definition) is 1. The molecule has 4 heteroatoms. The largest absolute Gasteiger partial charge is 0.488 e. The molecule has 0 aliphatic rings. The van der Waals surface area contributed by atoms with Gasteiger partial charge >= 0.3 is 0 Å². The maximum absolute atomic E-state index is 9.30. The predicted molar refractivity (Wildman–Crippen MR) is 79.5 cm³/mol. The lowest BCUT2D eigenvalue weighted by Gasteiger charge is -2.23. The van der Waals surface area contributed by atoms with Crippen LogP contribution in [0.4, 0.5) is 0 Å². The van der Waals surface area contributed by atoms with E-state index >= 15 is 0 Å². The van der Waals surface area contributed by atoms with Crippen LogP contribution < -0.4 is 10.1 Å². The average molecular weight is 269 g/mol. The first-order chi connectivity index (χ1) is 9.68. The molecule has 0 bridgehead atoms. The van der Waals surface area contributed by atoms with Crippen LogP contribution in [0.15, 0.2) is 36.5 Å². The highest BCUT2D eigenvalue weighted by molar-refractivity contribution is 5.84. The third-order valence-electron chi connectivity index (χ3n) is 3.12. The molecule has 0 amide bonds. The number of pyridine rings is 1. The first kappa shape index (κ1) is 14.3. The van der Waals surface area contributed by atoms with E-state index in [1.807, 2.05) is 37.3 Å². The van der Waals surface area contributed by atoms with Crippen LogP contribution in [-0.4, -0.2) is 23.7 Å². The first-order valence-electron chi connectivity index (χ1n) is 6.81. The minimum absolute atomic E-state index is 0.291.